The lowest BCUT2D eigenvalue weighted by atomic mass is 10.1. The van der Waals surface area contributed by atoms with E-state index >= 15 is 0 Å². The molecule has 0 unspecified atom stereocenters. The van der Waals surface area contributed by atoms with Gasteiger partial charge in [-0.05, 0) is 60.0 Å². The number of rotatable bonds is 5. The second-order valence-electron chi connectivity index (χ2n) is 8.83. The molecule has 4 aromatic rings. The summed E-state index contributed by atoms with van der Waals surface area (Å²) in [6.45, 7) is 1.67. The van der Waals surface area contributed by atoms with Crippen LogP contribution in [0.15, 0.2) is 42.9 Å². The quantitative estimate of drug-likeness (QED) is 0.437. The molecule has 1 fully saturated rings. The Morgan fingerprint density at radius 1 is 1.31 bits per heavy atom. The summed E-state index contributed by atoms with van der Waals surface area (Å²) in [5, 5.41) is 24.2. The Balaban J connectivity index is 0.00000267. The maximum absolute atomic E-state index is 14.9. The average Bonchev–Trinajstić information content (AvgIpc) is 3.43. The Hall–Kier alpha value is -4.12. The molecule has 2 N–H and O–H groups in total. The number of fused-ring (bicyclic) bond motifs is 3. The topological polar surface area (TPSA) is 120 Å². The fourth-order valence-corrected chi connectivity index (χ4v) is 4.33. The fourth-order valence-electron chi connectivity index (χ4n) is 4.33. The minimum atomic E-state index is -0.626. The molecule has 1 atom stereocenters. The number of anilines is 1. The highest BCUT2D eigenvalue weighted by atomic mass is 19.1. The molecular weight excluding hydrogens is 465 g/mol. The van der Waals surface area contributed by atoms with Crippen LogP contribution in [0.5, 0.6) is 5.75 Å². The highest BCUT2D eigenvalue weighted by Crippen LogP contribution is 2.40. The van der Waals surface area contributed by atoms with E-state index in [2.05, 4.69) is 25.8 Å². The second kappa shape index (κ2) is 9.15. The Bertz CT molecular complexity index is 1440. The number of imidazole rings is 1. The standard InChI is InChI=1S/C24H22FN7O3.CH4/c1-13-7-18(25)17(8-21(13)31-9-20(26-12-31)14-5-6-14)24(34)27-19-4-2-3-16-22(19)35-11-15(10-33)32-23(16)28-29-30-32;/h2-4,7-9,12,14-15,33H,5-6,10-11H2,1H3,(H,27,34);1H4/t15-;/m1./s1. The van der Waals surface area contributed by atoms with E-state index in [-0.39, 0.29) is 26.2 Å². The van der Waals surface area contributed by atoms with Crippen LogP contribution in [0.2, 0.25) is 0 Å². The summed E-state index contributed by atoms with van der Waals surface area (Å²) in [5.74, 6) is -0.00354. The largest absolute Gasteiger partial charge is 0.488 e. The molecule has 0 radical (unpaired) electrons. The summed E-state index contributed by atoms with van der Waals surface area (Å²) in [7, 11) is 0. The predicted molar refractivity (Wildman–Crippen MR) is 130 cm³/mol. The van der Waals surface area contributed by atoms with E-state index in [0.29, 0.717) is 40.0 Å². The third-order valence-corrected chi connectivity index (χ3v) is 6.38. The number of halogens is 1. The van der Waals surface area contributed by atoms with Crippen LogP contribution in [0.1, 0.15) is 53.8 Å². The number of benzene rings is 2. The molecule has 2 aromatic heterocycles. The molecule has 11 heteroatoms. The lowest BCUT2D eigenvalue weighted by Crippen LogP contribution is -2.21. The van der Waals surface area contributed by atoms with Crippen molar-refractivity contribution in [1.82, 2.24) is 29.8 Å². The van der Waals surface area contributed by atoms with Gasteiger partial charge in [0.05, 0.1) is 41.1 Å². The lowest BCUT2D eigenvalue weighted by molar-refractivity contribution is 0.102. The molecule has 2 aliphatic rings. The van der Waals surface area contributed by atoms with Crippen molar-refractivity contribution in [3.8, 4) is 22.8 Å². The summed E-state index contributed by atoms with van der Waals surface area (Å²) in [5.41, 5.74) is 3.19. The number of para-hydroxylation sites is 1. The number of carbonyl (C=O) groups is 1. The molecule has 10 nitrogen and oxygen atoms in total. The SMILES string of the molecule is C.Cc1cc(F)c(C(=O)Nc2cccc3c2OC[C@@H](CO)n2nnnc2-3)cc1-n1cnc(C2CC2)c1. The van der Waals surface area contributed by atoms with E-state index in [1.54, 1.807) is 31.5 Å². The third-order valence-electron chi connectivity index (χ3n) is 6.38. The van der Waals surface area contributed by atoms with Crippen molar-refractivity contribution in [2.45, 2.75) is 39.2 Å². The minimum Gasteiger partial charge on any atom is -0.488 e. The number of aromatic nitrogens is 6. The fraction of sp³-hybridized carbons (Fsp3) is 0.320. The van der Waals surface area contributed by atoms with Crippen molar-refractivity contribution in [1.29, 1.82) is 0 Å². The first-order valence-corrected chi connectivity index (χ1v) is 11.3. The highest BCUT2D eigenvalue weighted by Gasteiger charge is 2.28. The minimum absolute atomic E-state index is 0. The summed E-state index contributed by atoms with van der Waals surface area (Å²) >= 11 is 0. The van der Waals surface area contributed by atoms with Crippen molar-refractivity contribution >= 4 is 11.6 Å². The molecule has 2 aromatic carbocycles. The van der Waals surface area contributed by atoms with E-state index in [1.807, 2.05) is 10.8 Å². The molecule has 6 rings (SSSR count). The van der Waals surface area contributed by atoms with Crippen LogP contribution in [-0.4, -0.2) is 54.0 Å². The maximum Gasteiger partial charge on any atom is 0.258 e. The molecule has 1 aliphatic heterocycles. The summed E-state index contributed by atoms with van der Waals surface area (Å²) < 4.78 is 24.2. The number of tetrazole rings is 1. The van der Waals surface area contributed by atoms with Gasteiger partial charge in [-0.2, -0.15) is 0 Å². The van der Waals surface area contributed by atoms with Gasteiger partial charge < -0.3 is 19.7 Å². The van der Waals surface area contributed by atoms with Crippen LogP contribution in [0.3, 0.4) is 0 Å². The number of amides is 1. The van der Waals surface area contributed by atoms with Crippen molar-refractivity contribution in [3.63, 3.8) is 0 Å². The zero-order valence-corrected chi connectivity index (χ0v) is 18.8. The number of aliphatic hydroxyl groups excluding tert-OH is 1. The van der Waals surface area contributed by atoms with Gasteiger partial charge in [0.2, 0.25) is 0 Å². The van der Waals surface area contributed by atoms with Crippen LogP contribution >= 0.6 is 0 Å². The lowest BCUT2D eigenvalue weighted by Gasteiger charge is -2.15. The Kier molecular flexibility index (Phi) is 6.00. The first-order valence-electron chi connectivity index (χ1n) is 11.3. The van der Waals surface area contributed by atoms with Crippen LogP contribution in [-0.2, 0) is 0 Å². The zero-order valence-electron chi connectivity index (χ0n) is 18.8. The summed E-state index contributed by atoms with van der Waals surface area (Å²) in [4.78, 5) is 17.7. The van der Waals surface area contributed by atoms with Crippen molar-refractivity contribution in [2.75, 3.05) is 18.5 Å². The first kappa shape index (κ1) is 23.6. The Morgan fingerprint density at radius 3 is 2.92 bits per heavy atom. The number of carbonyl (C=O) groups excluding carboxylic acids is 1. The van der Waals surface area contributed by atoms with Gasteiger partial charge in [-0.15, -0.1) is 5.10 Å². The van der Waals surface area contributed by atoms with Crippen molar-refractivity contribution in [2.24, 2.45) is 0 Å². The van der Waals surface area contributed by atoms with Crippen molar-refractivity contribution in [3.05, 3.63) is 65.5 Å². The Morgan fingerprint density at radius 2 is 2.14 bits per heavy atom. The third kappa shape index (κ3) is 4.01. The molecule has 186 valence electrons. The molecule has 3 heterocycles. The smallest absolute Gasteiger partial charge is 0.258 e. The summed E-state index contributed by atoms with van der Waals surface area (Å²) in [6, 6.07) is 7.54. The van der Waals surface area contributed by atoms with Gasteiger partial charge in [0.1, 0.15) is 18.5 Å². The molecular formula is C25H26FN7O3. The van der Waals surface area contributed by atoms with Gasteiger partial charge in [-0.25, -0.2) is 14.1 Å². The van der Waals surface area contributed by atoms with Crippen LogP contribution in [0.4, 0.5) is 10.1 Å². The van der Waals surface area contributed by atoms with Gasteiger partial charge in [0.15, 0.2) is 11.6 Å². The van der Waals surface area contributed by atoms with Gasteiger partial charge in [0, 0.05) is 12.1 Å². The highest BCUT2D eigenvalue weighted by molar-refractivity contribution is 6.06. The molecule has 0 bridgehead atoms. The molecule has 1 amide bonds. The maximum atomic E-state index is 14.9. The number of aliphatic hydroxyl groups is 1. The number of aryl methyl sites for hydroxylation is 1. The van der Waals surface area contributed by atoms with Gasteiger partial charge in [-0.1, -0.05) is 13.5 Å². The number of ether oxygens (including phenoxy) is 1. The van der Waals surface area contributed by atoms with Crippen LogP contribution < -0.4 is 10.1 Å². The van der Waals surface area contributed by atoms with Gasteiger partial charge >= 0.3 is 0 Å². The first-order chi connectivity index (χ1) is 17.0. The predicted octanol–water partition coefficient (Wildman–Crippen LogP) is 3.66. The normalized spacial score (nSPS) is 16.2. The average molecular weight is 492 g/mol. The van der Waals surface area contributed by atoms with E-state index in [9.17, 15) is 14.3 Å². The van der Waals surface area contributed by atoms with Gasteiger partial charge in [0.25, 0.3) is 5.91 Å². The van der Waals surface area contributed by atoms with Gasteiger partial charge in [-0.3, -0.25) is 4.79 Å². The van der Waals surface area contributed by atoms with Crippen LogP contribution in [0.25, 0.3) is 17.1 Å². The molecule has 0 spiro atoms. The van der Waals surface area contributed by atoms with Crippen LogP contribution in [0, 0.1) is 12.7 Å². The molecule has 0 saturated heterocycles. The Labute approximate surface area is 206 Å². The number of hydrogen-bond donors (Lipinski definition) is 2. The molecule has 1 saturated carbocycles. The number of nitrogens with zero attached hydrogens (tertiary/aromatic N) is 6. The monoisotopic (exact) mass is 491 g/mol. The van der Waals surface area contributed by atoms with E-state index < -0.39 is 17.8 Å². The van der Waals surface area contributed by atoms with Crippen molar-refractivity contribution < 1.29 is 19.0 Å². The molecule has 36 heavy (non-hydrogen) atoms. The van der Waals surface area contributed by atoms with E-state index in [0.717, 1.165) is 18.5 Å². The van der Waals surface area contributed by atoms with E-state index in [1.165, 1.54) is 16.8 Å². The van der Waals surface area contributed by atoms with E-state index in [4.69, 9.17) is 4.74 Å². The zero-order chi connectivity index (χ0) is 24.1. The summed E-state index contributed by atoms with van der Waals surface area (Å²) in [6.07, 6.45) is 5.89. The number of hydrogen-bond acceptors (Lipinski definition) is 7. The number of nitrogens with one attached hydrogen (secondary N) is 1. The molecule has 1 aliphatic carbocycles. The second-order valence-corrected chi connectivity index (χ2v) is 8.83.